The Labute approximate surface area is 156 Å². The van der Waals surface area contributed by atoms with Crippen molar-refractivity contribution in [2.75, 3.05) is 0 Å². The fourth-order valence-corrected chi connectivity index (χ4v) is 2.90. The number of hydrogen-bond donors (Lipinski definition) is 1. The van der Waals surface area contributed by atoms with Crippen molar-refractivity contribution in [2.24, 2.45) is 0 Å². The molecule has 4 heteroatoms. The molecule has 0 fully saturated rings. The number of carbonyl (C=O) groups excluding carboxylic acids is 1. The Bertz CT molecular complexity index is 850. The van der Waals surface area contributed by atoms with Crippen molar-refractivity contribution in [3.05, 3.63) is 112 Å². The molecule has 3 aromatic carbocycles. The molecule has 0 aromatic heterocycles. The Morgan fingerprint density at radius 3 is 2.00 bits per heavy atom. The monoisotopic (exact) mass is 365 g/mol. The lowest BCUT2D eigenvalue weighted by atomic mass is 9.98. The Kier molecular flexibility index (Phi) is 5.82. The third-order valence-corrected chi connectivity index (χ3v) is 4.28. The van der Waals surface area contributed by atoms with Crippen molar-refractivity contribution in [1.82, 2.24) is 5.32 Å². The average molecular weight is 366 g/mol. The quantitative estimate of drug-likeness (QED) is 0.603. The molecule has 26 heavy (non-hydrogen) atoms. The van der Waals surface area contributed by atoms with E-state index >= 15 is 0 Å². The average Bonchev–Trinajstić information content (AvgIpc) is 2.67. The Balaban J connectivity index is 1.83. The van der Waals surface area contributed by atoms with Gasteiger partial charge in [-0.2, -0.15) is 0 Å². The highest BCUT2D eigenvalue weighted by atomic mass is 35.5. The second kappa shape index (κ2) is 8.45. The van der Waals surface area contributed by atoms with Crippen molar-refractivity contribution in [3.63, 3.8) is 0 Å². The summed E-state index contributed by atoms with van der Waals surface area (Å²) in [6, 6.07) is 23.5. The largest absolute Gasteiger partial charge is 0.342 e. The van der Waals surface area contributed by atoms with Gasteiger partial charge in [-0.3, -0.25) is 4.79 Å². The summed E-state index contributed by atoms with van der Waals surface area (Å²) in [4.78, 5) is 12.4. The first kappa shape index (κ1) is 17.9. The summed E-state index contributed by atoms with van der Waals surface area (Å²) in [5, 5.41) is 3.23. The zero-order chi connectivity index (χ0) is 18.4. The van der Waals surface area contributed by atoms with Gasteiger partial charge < -0.3 is 5.32 Å². The van der Waals surface area contributed by atoms with Crippen LogP contribution in [0.4, 0.5) is 4.39 Å². The minimum absolute atomic E-state index is 0.195. The maximum Gasteiger partial charge on any atom is 0.244 e. The number of hydrogen-bond acceptors (Lipinski definition) is 1. The second-order valence-corrected chi connectivity index (χ2v) is 6.14. The summed E-state index contributed by atoms with van der Waals surface area (Å²) in [6.45, 7) is 0. The molecule has 0 heterocycles. The zero-order valence-corrected chi connectivity index (χ0v) is 14.7. The van der Waals surface area contributed by atoms with Crippen LogP contribution in [0.3, 0.4) is 0 Å². The highest BCUT2D eigenvalue weighted by molar-refractivity contribution is 6.32. The van der Waals surface area contributed by atoms with Crippen LogP contribution >= 0.6 is 11.6 Å². The number of carbonyl (C=O) groups is 1. The van der Waals surface area contributed by atoms with Gasteiger partial charge in [-0.05, 0) is 29.3 Å². The van der Waals surface area contributed by atoms with E-state index in [0.717, 1.165) is 11.1 Å². The fourth-order valence-electron chi connectivity index (χ4n) is 2.67. The van der Waals surface area contributed by atoms with E-state index in [1.54, 1.807) is 6.07 Å². The second-order valence-electron chi connectivity index (χ2n) is 5.73. The molecule has 0 saturated heterocycles. The molecule has 0 bridgehead atoms. The van der Waals surface area contributed by atoms with E-state index < -0.39 is 5.82 Å². The van der Waals surface area contributed by atoms with Gasteiger partial charge in [0.2, 0.25) is 5.91 Å². The van der Waals surface area contributed by atoms with Gasteiger partial charge in [0, 0.05) is 11.6 Å². The topological polar surface area (TPSA) is 29.1 Å². The summed E-state index contributed by atoms with van der Waals surface area (Å²) in [5.41, 5.74) is 2.12. The smallest absolute Gasteiger partial charge is 0.244 e. The first-order chi connectivity index (χ1) is 12.6. The van der Waals surface area contributed by atoms with Crippen molar-refractivity contribution in [2.45, 2.75) is 6.04 Å². The van der Waals surface area contributed by atoms with E-state index in [1.807, 2.05) is 60.7 Å². The lowest BCUT2D eigenvalue weighted by Crippen LogP contribution is -2.27. The highest BCUT2D eigenvalue weighted by Crippen LogP contribution is 2.23. The SMILES string of the molecule is O=C(/C=C/c1c(F)cccc1Cl)NC(c1ccccc1)c1ccccc1. The Morgan fingerprint density at radius 1 is 0.885 bits per heavy atom. The lowest BCUT2D eigenvalue weighted by Gasteiger charge is -2.19. The molecule has 1 N–H and O–H groups in total. The molecule has 0 aliphatic rings. The molecule has 3 aromatic rings. The molecule has 1 amide bonds. The van der Waals surface area contributed by atoms with E-state index in [0.29, 0.717) is 0 Å². The maximum atomic E-state index is 13.8. The molecule has 0 aliphatic heterocycles. The summed E-state index contributed by atoms with van der Waals surface area (Å²) in [5.74, 6) is -0.800. The number of amides is 1. The third kappa shape index (κ3) is 4.38. The van der Waals surface area contributed by atoms with Crippen LogP contribution in [-0.2, 0) is 4.79 Å². The van der Waals surface area contributed by atoms with E-state index in [9.17, 15) is 9.18 Å². The predicted octanol–water partition coefficient (Wildman–Crippen LogP) is 5.40. The van der Waals surface area contributed by atoms with E-state index in [1.165, 1.54) is 24.3 Å². The van der Waals surface area contributed by atoms with Crippen LogP contribution < -0.4 is 5.32 Å². The highest BCUT2D eigenvalue weighted by Gasteiger charge is 2.15. The van der Waals surface area contributed by atoms with Crippen molar-refractivity contribution in [1.29, 1.82) is 0 Å². The zero-order valence-electron chi connectivity index (χ0n) is 13.9. The Hall–Kier alpha value is -2.91. The van der Waals surface area contributed by atoms with E-state index in [-0.39, 0.29) is 22.5 Å². The summed E-state index contributed by atoms with van der Waals surface area (Å²) >= 11 is 5.99. The van der Waals surface area contributed by atoms with Crippen LogP contribution in [0.25, 0.3) is 6.08 Å². The first-order valence-electron chi connectivity index (χ1n) is 8.17. The van der Waals surface area contributed by atoms with Crippen LogP contribution in [0, 0.1) is 5.82 Å². The molecule has 2 nitrogen and oxygen atoms in total. The number of benzene rings is 3. The summed E-state index contributed by atoms with van der Waals surface area (Å²) in [6.07, 6.45) is 2.68. The number of halogens is 2. The molecule has 0 unspecified atom stereocenters. The van der Waals surface area contributed by atoms with Crippen LogP contribution in [0.1, 0.15) is 22.7 Å². The first-order valence-corrected chi connectivity index (χ1v) is 8.55. The van der Waals surface area contributed by atoms with Gasteiger partial charge in [0.25, 0.3) is 0 Å². The molecule has 0 atom stereocenters. The number of rotatable bonds is 5. The minimum atomic E-state index is -0.468. The third-order valence-electron chi connectivity index (χ3n) is 3.95. The maximum absolute atomic E-state index is 13.8. The molecule has 0 aliphatic carbocycles. The molecule has 130 valence electrons. The molecule has 0 radical (unpaired) electrons. The van der Waals surface area contributed by atoms with Crippen LogP contribution in [-0.4, -0.2) is 5.91 Å². The van der Waals surface area contributed by atoms with Crippen molar-refractivity contribution in [3.8, 4) is 0 Å². The normalized spacial score (nSPS) is 11.0. The molecular weight excluding hydrogens is 349 g/mol. The van der Waals surface area contributed by atoms with E-state index in [4.69, 9.17) is 11.6 Å². The van der Waals surface area contributed by atoms with Gasteiger partial charge in [-0.25, -0.2) is 4.39 Å². The van der Waals surface area contributed by atoms with Crippen LogP contribution in [0.2, 0.25) is 5.02 Å². The van der Waals surface area contributed by atoms with Gasteiger partial charge >= 0.3 is 0 Å². The molecular formula is C22H17ClFNO. The summed E-state index contributed by atoms with van der Waals surface area (Å²) < 4.78 is 13.8. The lowest BCUT2D eigenvalue weighted by molar-refractivity contribution is -0.116. The van der Waals surface area contributed by atoms with Gasteiger partial charge in [0.05, 0.1) is 11.1 Å². The van der Waals surface area contributed by atoms with Crippen LogP contribution in [0.15, 0.2) is 84.9 Å². The van der Waals surface area contributed by atoms with Gasteiger partial charge in [0.1, 0.15) is 5.82 Å². The van der Waals surface area contributed by atoms with E-state index in [2.05, 4.69) is 5.32 Å². The van der Waals surface area contributed by atoms with Gasteiger partial charge in [-0.15, -0.1) is 0 Å². The van der Waals surface area contributed by atoms with Crippen molar-refractivity contribution < 1.29 is 9.18 Å². The predicted molar refractivity (Wildman–Crippen MR) is 103 cm³/mol. The Morgan fingerprint density at radius 2 is 1.46 bits per heavy atom. The standard InChI is InChI=1S/C22H17ClFNO/c23-19-12-7-13-20(24)18(19)14-15-21(26)25-22(16-8-3-1-4-9-16)17-10-5-2-6-11-17/h1-15,22H,(H,25,26)/b15-14+. The van der Waals surface area contributed by atoms with Crippen LogP contribution in [0.5, 0.6) is 0 Å². The molecule has 0 spiro atoms. The molecule has 0 saturated carbocycles. The molecule has 3 rings (SSSR count). The summed E-state index contributed by atoms with van der Waals surface area (Å²) in [7, 11) is 0. The minimum Gasteiger partial charge on any atom is -0.342 e. The fraction of sp³-hybridized carbons (Fsp3) is 0.0455. The number of nitrogens with one attached hydrogen (secondary N) is 1. The van der Waals surface area contributed by atoms with Gasteiger partial charge in [-0.1, -0.05) is 78.3 Å². The van der Waals surface area contributed by atoms with Gasteiger partial charge in [0.15, 0.2) is 0 Å². The van der Waals surface area contributed by atoms with Crippen molar-refractivity contribution >= 4 is 23.6 Å².